The lowest BCUT2D eigenvalue weighted by atomic mass is 9.98. The lowest BCUT2D eigenvalue weighted by molar-refractivity contribution is 1.02. The monoisotopic (exact) mass is 571 g/mol. The van der Waals surface area contributed by atoms with Crippen molar-refractivity contribution in [3.63, 3.8) is 0 Å². The SMILES string of the molecule is c1ccc2cc3c(cc2c1)c1ccc2ccccc2c1n3-c1nc(-c2ccc3c(ccc4ccccc43)c2)c2ccccc2n1. The minimum absolute atomic E-state index is 0.675. The molecule has 0 aliphatic heterocycles. The van der Waals surface area contributed by atoms with Crippen molar-refractivity contribution in [3.8, 4) is 17.2 Å². The third kappa shape index (κ3) is 3.58. The van der Waals surface area contributed by atoms with E-state index < -0.39 is 0 Å². The van der Waals surface area contributed by atoms with E-state index in [9.17, 15) is 0 Å². The molecule has 8 aromatic carbocycles. The standard InChI is InChI=1S/C42H25N3/c1-2-12-29-25-39-37(24-28(29)11-1)35-22-19-27-10-4-6-14-34(27)41(35)45(39)42-43-38-16-8-7-15-36(38)40(44-42)31-20-21-33-30(23-31)18-17-26-9-3-5-13-32(26)33/h1-25H. The normalized spacial score (nSPS) is 12.0. The van der Waals surface area contributed by atoms with Crippen LogP contribution in [0, 0.1) is 0 Å². The Morgan fingerprint density at radius 3 is 1.82 bits per heavy atom. The molecule has 0 unspecified atom stereocenters. The van der Waals surface area contributed by atoms with Gasteiger partial charge in [0, 0.05) is 27.1 Å². The molecule has 0 atom stereocenters. The summed E-state index contributed by atoms with van der Waals surface area (Å²) in [6.45, 7) is 0. The molecule has 0 spiro atoms. The fourth-order valence-electron chi connectivity index (χ4n) is 7.22. The molecule has 0 radical (unpaired) electrons. The summed E-state index contributed by atoms with van der Waals surface area (Å²) in [5, 5.41) is 13.2. The molecule has 0 saturated heterocycles. The van der Waals surface area contributed by atoms with Crippen LogP contribution >= 0.6 is 0 Å². The van der Waals surface area contributed by atoms with Crippen LogP contribution < -0.4 is 0 Å². The highest BCUT2D eigenvalue weighted by Gasteiger charge is 2.20. The number of aromatic nitrogens is 3. The zero-order chi connectivity index (χ0) is 29.5. The van der Waals surface area contributed by atoms with Gasteiger partial charge in [0.15, 0.2) is 0 Å². The molecule has 3 nitrogen and oxygen atoms in total. The van der Waals surface area contributed by atoms with Gasteiger partial charge in [0.2, 0.25) is 5.95 Å². The maximum atomic E-state index is 5.42. The molecule has 0 aliphatic rings. The van der Waals surface area contributed by atoms with Crippen molar-refractivity contribution < 1.29 is 0 Å². The molecule has 0 amide bonds. The second kappa shape index (κ2) is 9.22. The van der Waals surface area contributed by atoms with Crippen molar-refractivity contribution in [3.05, 3.63) is 152 Å². The summed E-state index contributed by atoms with van der Waals surface area (Å²) in [5.41, 5.74) is 5.17. The van der Waals surface area contributed by atoms with Gasteiger partial charge in [-0.2, -0.15) is 0 Å². The van der Waals surface area contributed by atoms with E-state index in [-0.39, 0.29) is 0 Å². The van der Waals surface area contributed by atoms with Gasteiger partial charge < -0.3 is 0 Å². The van der Waals surface area contributed by atoms with E-state index in [1.54, 1.807) is 0 Å². The first-order chi connectivity index (χ1) is 22.3. The first-order valence-corrected chi connectivity index (χ1v) is 15.3. The topological polar surface area (TPSA) is 30.7 Å². The lowest BCUT2D eigenvalue weighted by Gasteiger charge is -2.13. The van der Waals surface area contributed by atoms with Crippen molar-refractivity contribution in [2.75, 3.05) is 0 Å². The molecule has 0 N–H and O–H groups in total. The van der Waals surface area contributed by atoms with Crippen LogP contribution in [0.5, 0.6) is 0 Å². The maximum absolute atomic E-state index is 5.42. The minimum atomic E-state index is 0.675. The molecule has 45 heavy (non-hydrogen) atoms. The molecular formula is C42H25N3. The summed E-state index contributed by atoms with van der Waals surface area (Å²) in [5.74, 6) is 0.675. The van der Waals surface area contributed by atoms with Crippen LogP contribution in [0.4, 0.5) is 0 Å². The Morgan fingerprint density at radius 1 is 0.378 bits per heavy atom. The lowest BCUT2D eigenvalue weighted by Crippen LogP contribution is -2.03. The average molecular weight is 572 g/mol. The number of para-hydroxylation sites is 1. The summed E-state index contributed by atoms with van der Waals surface area (Å²) in [6, 6.07) is 54.3. The average Bonchev–Trinajstić information content (AvgIpc) is 3.43. The Hall–Kier alpha value is -6.06. The Bertz CT molecular complexity index is 2820. The van der Waals surface area contributed by atoms with Gasteiger partial charge in [-0.25, -0.2) is 9.97 Å². The number of hydrogen-bond donors (Lipinski definition) is 0. The van der Waals surface area contributed by atoms with Crippen LogP contribution in [0.1, 0.15) is 0 Å². The largest absolute Gasteiger partial charge is 0.277 e. The number of hydrogen-bond acceptors (Lipinski definition) is 2. The van der Waals surface area contributed by atoms with Gasteiger partial charge in [-0.05, 0) is 62.0 Å². The van der Waals surface area contributed by atoms with Gasteiger partial charge >= 0.3 is 0 Å². The van der Waals surface area contributed by atoms with Crippen molar-refractivity contribution in [1.82, 2.24) is 14.5 Å². The van der Waals surface area contributed by atoms with Gasteiger partial charge in [0.25, 0.3) is 0 Å². The third-order valence-corrected chi connectivity index (χ3v) is 9.33. The summed E-state index contributed by atoms with van der Waals surface area (Å²) in [7, 11) is 0. The van der Waals surface area contributed by atoms with Gasteiger partial charge in [0.05, 0.1) is 22.2 Å². The minimum Gasteiger partial charge on any atom is -0.277 e. The van der Waals surface area contributed by atoms with Crippen molar-refractivity contribution in [2.45, 2.75) is 0 Å². The predicted molar refractivity (Wildman–Crippen MR) is 189 cm³/mol. The van der Waals surface area contributed by atoms with E-state index in [0.717, 1.165) is 33.2 Å². The van der Waals surface area contributed by atoms with Crippen molar-refractivity contribution in [1.29, 1.82) is 0 Å². The summed E-state index contributed by atoms with van der Waals surface area (Å²) < 4.78 is 2.28. The molecule has 2 aromatic heterocycles. The molecule has 0 fully saturated rings. The van der Waals surface area contributed by atoms with Crippen LogP contribution in [0.2, 0.25) is 0 Å². The van der Waals surface area contributed by atoms with E-state index in [4.69, 9.17) is 9.97 Å². The van der Waals surface area contributed by atoms with Crippen molar-refractivity contribution in [2.24, 2.45) is 0 Å². The molecule has 10 aromatic rings. The van der Waals surface area contributed by atoms with E-state index in [1.807, 2.05) is 0 Å². The van der Waals surface area contributed by atoms with Gasteiger partial charge in [-0.3, -0.25) is 4.57 Å². The molecular weight excluding hydrogens is 546 g/mol. The highest BCUT2D eigenvalue weighted by Crippen LogP contribution is 2.39. The second-order valence-corrected chi connectivity index (χ2v) is 11.8. The van der Waals surface area contributed by atoms with Crippen LogP contribution in [-0.4, -0.2) is 14.5 Å². The molecule has 0 saturated carbocycles. The molecule has 0 bridgehead atoms. The molecule has 2 heterocycles. The summed E-state index contributed by atoms with van der Waals surface area (Å²) in [6.07, 6.45) is 0. The van der Waals surface area contributed by atoms with Gasteiger partial charge in [-0.15, -0.1) is 0 Å². The Balaban J connectivity index is 1.32. The maximum Gasteiger partial charge on any atom is 0.235 e. The molecule has 208 valence electrons. The van der Waals surface area contributed by atoms with Crippen molar-refractivity contribution >= 4 is 75.8 Å². The van der Waals surface area contributed by atoms with E-state index in [0.29, 0.717) is 5.95 Å². The first kappa shape index (κ1) is 24.4. The number of benzene rings is 8. The fourth-order valence-corrected chi connectivity index (χ4v) is 7.22. The zero-order valence-electron chi connectivity index (χ0n) is 24.3. The van der Waals surface area contributed by atoms with Crippen LogP contribution in [0.3, 0.4) is 0 Å². The number of fused-ring (bicyclic) bond motifs is 10. The highest BCUT2D eigenvalue weighted by atomic mass is 15.2. The van der Waals surface area contributed by atoms with Gasteiger partial charge in [-0.1, -0.05) is 127 Å². The zero-order valence-corrected chi connectivity index (χ0v) is 24.3. The predicted octanol–water partition coefficient (Wildman–Crippen LogP) is 11.0. The van der Waals surface area contributed by atoms with E-state index in [2.05, 4.69) is 156 Å². The third-order valence-electron chi connectivity index (χ3n) is 9.33. The smallest absolute Gasteiger partial charge is 0.235 e. The van der Waals surface area contributed by atoms with Crippen LogP contribution in [-0.2, 0) is 0 Å². The number of nitrogens with zero attached hydrogens (tertiary/aromatic N) is 3. The fraction of sp³-hybridized carbons (Fsp3) is 0. The Morgan fingerprint density at radius 2 is 0.978 bits per heavy atom. The second-order valence-electron chi connectivity index (χ2n) is 11.8. The Labute approximate surface area is 258 Å². The first-order valence-electron chi connectivity index (χ1n) is 15.3. The summed E-state index contributed by atoms with van der Waals surface area (Å²) >= 11 is 0. The van der Waals surface area contributed by atoms with Gasteiger partial charge in [0.1, 0.15) is 0 Å². The Kier molecular flexibility index (Phi) is 5.00. The van der Waals surface area contributed by atoms with E-state index >= 15 is 0 Å². The summed E-state index contributed by atoms with van der Waals surface area (Å²) in [4.78, 5) is 10.7. The quantitative estimate of drug-likeness (QED) is 0.193. The highest BCUT2D eigenvalue weighted by molar-refractivity contribution is 6.20. The van der Waals surface area contributed by atoms with Crippen LogP contribution in [0.15, 0.2) is 152 Å². The number of rotatable bonds is 2. The molecule has 10 rings (SSSR count). The molecule has 3 heteroatoms. The molecule has 0 aliphatic carbocycles. The van der Waals surface area contributed by atoms with Crippen LogP contribution in [0.25, 0.3) is 93.0 Å². The van der Waals surface area contributed by atoms with E-state index in [1.165, 1.54) is 53.9 Å².